The molecule has 0 amide bonds. The fourth-order valence-corrected chi connectivity index (χ4v) is 5.85. The van der Waals surface area contributed by atoms with E-state index in [2.05, 4.69) is 5.32 Å². The summed E-state index contributed by atoms with van der Waals surface area (Å²) in [6.45, 7) is 10.7. The third kappa shape index (κ3) is 3.48. The summed E-state index contributed by atoms with van der Waals surface area (Å²) >= 11 is 1.37. The number of hydrogen-bond acceptors (Lipinski definition) is 5. The van der Waals surface area contributed by atoms with E-state index in [0.29, 0.717) is 24.0 Å². The van der Waals surface area contributed by atoms with Crippen molar-refractivity contribution in [2.24, 2.45) is 0 Å². The molecule has 0 spiro atoms. The number of thiophene rings is 1. The molecule has 0 saturated carbocycles. The Morgan fingerprint density at radius 1 is 1.48 bits per heavy atom. The van der Waals surface area contributed by atoms with Crippen LogP contribution in [0.25, 0.3) is 0 Å². The molecule has 0 atom stereocenters. The SMILES string of the molecule is CCNCc1sc(S(=O)(=O)N2CCOCC2(C)C)cc1C. The Morgan fingerprint density at radius 3 is 2.81 bits per heavy atom. The zero-order valence-electron chi connectivity index (χ0n) is 13.1. The van der Waals surface area contributed by atoms with Crippen LogP contribution in [0.3, 0.4) is 0 Å². The van der Waals surface area contributed by atoms with Crippen LogP contribution in [0.1, 0.15) is 31.2 Å². The maximum Gasteiger partial charge on any atom is 0.253 e. The highest BCUT2D eigenvalue weighted by Gasteiger charge is 2.40. The maximum absolute atomic E-state index is 12.9. The lowest BCUT2D eigenvalue weighted by Gasteiger charge is -2.40. The fraction of sp³-hybridized carbons (Fsp3) is 0.714. The van der Waals surface area contributed by atoms with Gasteiger partial charge in [0.25, 0.3) is 10.0 Å². The van der Waals surface area contributed by atoms with Crippen LogP contribution in [0, 0.1) is 6.92 Å². The van der Waals surface area contributed by atoms with Gasteiger partial charge < -0.3 is 10.1 Å². The lowest BCUT2D eigenvalue weighted by atomic mass is 10.1. The van der Waals surface area contributed by atoms with Gasteiger partial charge in [0.15, 0.2) is 0 Å². The number of nitrogens with one attached hydrogen (secondary N) is 1. The second-order valence-corrected chi connectivity index (χ2v) is 9.12. The normalized spacial score (nSPS) is 19.8. The number of hydrogen-bond donors (Lipinski definition) is 1. The van der Waals surface area contributed by atoms with Crippen molar-refractivity contribution in [3.63, 3.8) is 0 Å². The molecule has 0 bridgehead atoms. The van der Waals surface area contributed by atoms with Crippen molar-refractivity contribution in [2.45, 2.75) is 44.0 Å². The van der Waals surface area contributed by atoms with E-state index in [4.69, 9.17) is 4.74 Å². The highest BCUT2D eigenvalue weighted by atomic mass is 32.2. The maximum atomic E-state index is 12.9. The van der Waals surface area contributed by atoms with E-state index in [-0.39, 0.29) is 0 Å². The third-order valence-electron chi connectivity index (χ3n) is 3.65. The van der Waals surface area contributed by atoms with E-state index < -0.39 is 15.6 Å². The van der Waals surface area contributed by atoms with Gasteiger partial charge in [-0.3, -0.25) is 0 Å². The molecule has 1 fully saturated rings. The second-order valence-electron chi connectivity index (χ2n) is 5.89. The van der Waals surface area contributed by atoms with Crippen LogP contribution >= 0.6 is 11.3 Å². The first kappa shape index (κ1) is 16.9. The van der Waals surface area contributed by atoms with Crippen molar-refractivity contribution in [3.05, 3.63) is 16.5 Å². The van der Waals surface area contributed by atoms with Gasteiger partial charge in [-0.05, 0) is 38.9 Å². The van der Waals surface area contributed by atoms with Crippen molar-refractivity contribution in [1.82, 2.24) is 9.62 Å². The van der Waals surface area contributed by atoms with Gasteiger partial charge >= 0.3 is 0 Å². The van der Waals surface area contributed by atoms with Gasteiger partial charge in [0, 0.05) is 18.0 Å². The Bertz CT molecular complexity index is 593. The van der Waals surface area contributed by atoms with Gasteiger partial charge in [-0.2, -0.15) is 4.31 Å². The minimum absolute atomic E-state index is 0.412. The Morgan fingerprint density at radius 2 is 2.19 bits per heavy atom. The number of rotatable bonds is 5. The van der Waals surface area contributed by atoms with E-state index in [1.54, 1.807) is 10.4 Å². The van der Waals surface area contributed by atoms with Crippen molar-refractivity contribution in [2.75, 3.05) is 26.3 Å². The molecule has 0 radical (unpaired) electrons. The van der Waals surface area contributed by atoms with Gasteiger partial charge in [-0.1, -0.05) is 6.92 Å². The minimum Gasteiger partial charge on any atom is -0.378 e. The predicted octanol–water partition coefficient (Wildman–Crippen LogP) is 1.97. The van der Waals surface area contributed by atoms with Crippen molar-refractivity contribution in [1.29, 1.82) is 0 Å². The standard InChI is InChI=1S/C14H24N2O3S2/c1-5-15-9-12-11(2)8-13(20-12)21(17,18)16-6-7-19-10-14(16,3)4/h8,15H,5-7,9-10H2,1-4H3. The Labute approximate surface area is 131 Å². The highest BCUT2D eigenvalue weighted by molar-refractivity contribution is 7.91. The molecule has 0 unspecified atom stereocenters. The van der Waals surface area contributed by atoms with Gasteiger partial charge in [0.05, 0.1) is 18.8 Å². The molecular formula is C14H24N2O3S2. The van der Waals surface area contributed by atoms with Gasteiger partial charge in [0.1, 0.15) is 4.21 Å². The molecule has 1 saturated heterocycles. The predicted molar refractivity (Wildman–Crippen MR) is 85.2 cm³/mol. The topological polar surface area (TPSA) is 58.6 Å². The number of nitrogens with zero attached hydrogens (tertiary/aromatic N) is 1. The first-order chi connectivity index (χ1) is 9.79. The van der Waals surface area contributed by atoms with Crippen LogP contribution < -0.4 is 5.32 Å². The molecule has 2 heterocycles. The van der Waals surface area contributed by atoms with E-state index >= 15 is 0 Å². The molecule has 1 N–H and O–H groups in total. The van der Waals surface area contributed by atoms with Crippen LogP contribution in [0.15, 0.2) is 10.3 Å². The Hall–Kier alpha value is -0.470. The minimum atomic E-state index is -3.45. The largest absolute Gasteiger partial charge is 0.378 e. The molecule has 5 nitrogen and oxygen atoms in total. The fourth-order valence-electron chi connectivity index (χ4n) is 2.43. The van der Waals surface area contributed by atoms with Crippen molar-refractivity contribution in [3.8, 4) is 0 Å². The molecule has 120 valence electrons. The first-order valence-corrected chi connectivity index (χ1v) is 9.45. The highest BCUT2D eigenvalue weighted by Crippen LogP contribution is 2.33. The molecular weight excluding hydrogens is 308 g/mol. The number of sulfonamides is 1. The smallest absolute Gasteiger partial charge is 0.253 e. The van der Waals surface area contributed by atoms with E-state index in [0.717, 1.165) is 23.5 Å². The summed E-state index contributed by atoms with van der Waals surface area (Å²) in [4.78, 5) is 1.08. The Balaban J connectivity index is 2.31. The van der Waals surface area contributed by atoms with Gasteiger partial charge in [-0.25, -0.2) is 8.42 Å². The summed E-state index contributed by atoms with van der Waals surface area (Å²) in [5, 5.41) is 3.25. The molecule has 1 aromatic rings. The van der Waals surface area contributed by atoms with Crippen LogP contribution in [0.4, 0.5) is 0 Å². The molecule has 0 aliphatic carbocycles. The molecule has 1 aliphatic heterocycles. The van der Waals surface area contributed by atoms with Gasteiger partial charge in [-0.15, -0.1) is 11.3 Å². The summed E-state index contributed by atoms with van der Waals surface area (Å²) in [5.74, 6) is 0. The summed E-state index contributed by atoms with van der Waals surface area (Å²) in [6, 6.07) is 1.79. The summed E-state index contributed by atoms with van der Waals surface area (Å²) < 4.78 is 33.2. The molecule has 21 heavy (non-hydrogen) atoms. The third-order valence-corrected chi connectivity index (χ3v) is 7.44. The van der Waals surface area contributed by atoms with E-state index in [1.165, 1.54) is 11.3 Å². The lowest BCUT2D eigenvalue weighted by Crippen LogP contribution is -2.55. The number of ether oxygens (including phenoxy) is 1. The van der Waals surface area contributed by atoms with Crippen molar-refractivity contribution >= 4 is 21.4 Å². The average molecular weight is 332 g/mol. The molecule has 7 heteroatoms. The Kier molecular flexibility index (Phi) is 5.10. The zero-order chi connectivity index (χ0) is 15.7. The van der Waals surface area contributed by atoms with Crippen LogP contribution in [-0.2, 0) is 21.3 Å². The molecule has 0 aromatic carbocycles. The molecule has 1 aliphatic rings. The summed E-state index contributed by atoms with van der Waals surface area (Å²) in [7, 11) is -3.45. The van der Waals surface area contributed by atoms with Crippen molar-refractivity contribution < 1.29 is 13.2 Å². The number of aryl methyl sites for hydroxylation is 1. The lowest BCUT2D eigenvalue weighted by molar-refractivity contribution is -0.00761. The van der Waals surface area contributed by atoms with Gasteiger partial charge in [0.2, 0.25) is 0 Å². The quantitative estimate of drug-likeness (QED) is 0.895. The summed E-state index contributed by atoms with van der Waals surface area (Å²) in [5.41, 5.74) is 0.530. The second kappa shape index (κ2) is 6.34. The molecule has 2 rings (SSSR count). The first-order valence-electron chi connectivity index (χ1n) is 7.19. The number of morpholine rings is 1. The van der Waals surface area contributed by atoms with E-state index in [1.807, 2.05) is 27.7 Å². The van der Waals surface area contributed by atoms with Crippen LogP contribution in [-0.4, -0.2) is 44.6 Å². The molecule has 1 aromatic heterocycles. The zero-order valence-corrected chi connectivity index (χ0v) is 14.7. The van der Waals surface area contributed by atoms with Crippen LogP contribution in [0.2, 0.25) is 0 Å². The average Bonchev–Trinajstić information content (AvgIpc) is 2.77. The summed E-state index contributed by atoms with van der Waals surface area (Å²) in [6.07, 6.45) is 0. The van der Waals surface area contributed by atoms with E-state index in [9.17, 15) is 8.42 Å². The monoisotopic (exact) mass is 332 g/mol. The van der Waals surface area contributed by atoms with Crippen LogP contribution in [0.5, 0.6) is 0 Å².